The first-order chi connectivity index (χ1) is 12.1. The van der Waals surface area contributed by atoms with Gasteiger partial charge in [0.2, 0.25) is 5.91 Å². The van der Waals surface area contributed by atoms with Crippen LogP contribution in [0.4, 0.5) is 0 Å². The molecular weight excluding hydrogens is 314 g/mol. The highest BCUT2D eigenvalue weighted by Crippen LogP contribution is 2.08. The van der Waals surface area contributed by atoms with E-state index >= 15 is 0 Å². The molecule has 0 radical (unpaired) electrons. The maximum absolute atomic E-state index is 12.3. The molecule has 128 valence electrons. The third kappa shape index (κ3) is 4.32. The Morgan fingerprint density at radius 3 is 2.64 bits per heavy atom. The monoisotopic (exact) mass is 335 g/mol. The molecule has 25 heavy (non-hydrogen) atoms. The molecule has 1 atom stereocenters. The van der Waals surface area contributed by atoms with E-state index < -0.39 is 0 Å². The van der Waals surface area contributed by atoms with Gasteiger partial charge in [-0.1, -0.05) is 42.5 Å². The first-order valence-electron chi connectivity index (χ1n) is 8.41. The predicted molar refractivity (Wildman–Crippen MR) is 98.4 cm³/mol. The van der Waals surface area contributed by atoms with Crippen LogP contribution in [0.25, 0.3) is 11.0 Å². The number of carbonyl (C=O) groups excluding carboxylic acids is 1. The Hall–Kier alpha value is -2.95. The van der Waals surface area contributed by atoms with Crippen LogP contribution in [0, 0.1) is 0 Å². The summed E-state index contributed by atoms with van der Waals surface area (Å²) in [7, 11) is 0. The number of hydrogen-bond acceptors (Lipinski definition) is 3. The highest BCUT2D eigenvalue weighted by atomic mass is 16.2. The number of aromatic nitrogens is 2. The molecule has 0 unspecified atom stereocenters. The molecule has 0 aliphatic rings. The summed E-state index contributed by atoms with van der Waals surface area (Å²) in [5, 5.41) is 2.97. The van der Waals surface area contributed by atoms with Gasteiger partial charge in [-0.25, -0.2) is 4.98 Å². The van der Waals surface area contributed by atoms with Crippen molar-refractivity contribution in [3.8, 4) is 0 Å². The van der Waals surface area contributed by atoms with Crippen molar-refractivity contribution in [2.45, 2.75) is 32.4 Å². The first-order valence-corrected chi connectivity index (χ1v) is 8.41. The summed E-state index contributed by atoms with van der Waals surface area (Å²) in [6, 6.07) is 17.5. The highest BCUT2D eigenvalue weighted by molar-refractivity contribution is 5.80. The van der Waals surface area contributed by atoms with Crippen LogP contribution in [-0.4, -0.2) is 21.5 Å². The number of fused-ring (bicyclic) bond motifs is 1. The lowest BCUT2D eigenvalue weighted by molar-refractivity contribution is -0.122. The second kappa shape index (κ2) is 7.75. The van der Waals surface area contributed by atoms with Gasteiger partial charge in [-0.2, -0.15) is 0 Å². The van der Waals surface area contributed by atoms with E-state index in [2.05, 4.69) is 22.4 Å². The van der Waals surface area contributed by atoms with Crippen molar-refractivity contribution >= 4 is 16.9 Å². The maximum atomic E-state index is 12.3. The average molecular weight is 335 g/mol. The Balaban J connectivity index is 1.63. The van der Waals surface area contributed by atoms with Gasteiger partial charge in [-0.05, 0) is 37.5 Å². The summed E-state index contributed by atoms with van der Waals surface area (Å²) in [5.41, 5.74) is 2.35. The summed E-state index contributed by atoms with van der Waals surface area (Å²) >= 11 is 0. The zero-order chi connectivity index (χ0) is 17.6. The summed E-state index contributed by atoms with van der Waals surface area (Å²) in [5.74, 6) is -0.168. The molecular formula is C20H21N3O2. The lowest BCUT2D eigenvalue weighted by atomic mass is 10.1. The molecule has 1 N–H and O–H groups in total. The minimum absolute atomic E-state index is 0.00244. The van der Waals surface area contributed by atoms with E-state index in [4.69, 9.17) is 0 Å². The van der Waals surface area contributed by atoms with Gasteiger partial charge < -0.3 is 5.32 Å². The summed E-state index contributed by atoms with van der Waals surface area (Å²) in [6.07, 6.45) is 3.01. The Labute approximate surface area is 146 Å². The fraction of sp³-hybridized carbons (Fsp3) is 0.250. The van der Waals surface area contributed by atoms with Crippen molar-refractivity contribution in [3.05, 3.63) is 76.7 Å². The van der Waals surface area contributed by atoms with Crippen LogP contribution in [0.2, 0.25) is 0 Å². The lowest BCUT2D eigenvalue weighted by Crippen LogP contribution is -2.37. The molecule has 0 spiro atoms. The Kier molecular flexibility index (Phi) is 5.23. The second-order valence-electron chi connectivity index (χ2n) is 6.16. The molecule has 0 aliphatic carbocycles. The highest BCUT2D eigenvalue weighted by Gasteiger charge is 2.11. The maximum Gasteiger partial charge on any atom is 0.269 e. The van der Waals surface area contributed by atoms with Gasteiger partial charge in [0.1, 0.15) is 6.54 Å². The average Bonchev–Trinajstić information content (AvgIpc) is 2.63. The second-order valence-corrected chi connectivity index (χ2v) is 6.16. The SMILES string of the molecule is C[C@@H](CCc1ccccc1)NC(=O)Cn1c(=O)cnc2ccccc21. The topological polar surface area (TPSA) is 64.0 Å². The van der Waals surface area contributed by atoms with Gasteiger partial charge in [0.25, 0.3) is 5.56 Å². The number of hydrogen-bond donors (Lipinski definition) is 1. The minimum atomic E-state index is -0.272. The van der Waals surface area contributed by atoms with Crippen molar-refractivity contribution in [1.82, 2.24) is 14.9 Å². The van der Waals surface area contributed by atoms with E-state index in [9.17, 15) is 9.59 Å². The molecule has 5 heteroatoms. The third-order valence-electron chi connectivity index (χ3n) is 4.17. The van der Waals surface area contributed by atoms with Crippen LogP contribution >= 0.6 is 0 Å². The largest absolute Gasteiger partial charge is 0.352 e. The van der Waals surface area contributed by atoms with Crippen LogP contribution in [-0.2, 0) is 17.8 Å². The molecule has 5 nitrogen and oxygen atoms in total. The number of nitrogens with zero attached hydrogens (tertiary/aromatic N) is 2. The van der Waals surface area contributed by atoms with Crippen LogP contribution in [0.1, 0.15) is 18.9 Å². The molecule has 2 aromatic carbocycles. The molecule has 1 heterocycles. The van der Waals surface area contributed by atoms with Gasteiger partial charge in [-0.3, -0.25) is 14.2 Å². The number of carbonyl (C=O) groups is 1. The molecule has 0 saturated heterocycles. The molecule has 0 aliphatic heterocycles. The number of rotatable bonds is 6. The molecule has 1 amide bonds. The van der Waals surface area contributed by atoms with Gasteiger partial charge in [-0.15, -0.1) is 0 Å². The van der Waals surface area contributed by atoms with Crippen LogP contribution in [0.15, 0.2) is 65.6 Å². The number of amides is 1. The standard InChI is InChI=1S/C20H21N3O2/c1-15(11-12-16-7-3-2-4-8-16)22-19(24)14-23-18-10-6-5-9-17(18)21-13-20(23)25/h2-10,13,15H,11-12,14H2,1H3,(H,22,24)/t15-/m0/s1. The fourth-order valence-electron chi connectivity index (χ4n) is 2.84. The van der Waals surface area contributed by atoms with Crippen molar-refractivity contribution in [2.24, 2.45) is 0 Å². The Morgan fingerprint density at radius 2 is 1.84 bits per heavy atom. The summed E-state index contributed by atoms with van der Waals surface area (Å²) in [6.45, 7) is 1.98. The van der Waals surface area contributed by atoms with Crippen molar-refractivity contribution in [3.63, 3.8) is 0 Å². The van der Waals surface area contributed by atoms with E-state index in [1.807, 2.05) is 43.3 Å². The van der Waals surface area contributed by atoms with Crippen LogP contribution in [0.3, 0.4) is 0 Å². The lowest BCUT2D eigenvalue weighted by Gasteiger charge is -2.15. The normalized spacial score (nSPS) is 12.0. The number of para-hydroxylation sites is 2. The molecule has 3 rings (SSSR count). The molecule has 0 bridgehead atoms. The van der Waals surface area contributed by atoms with E-state index in [-0.39, 0.29) is 24.1 Å². The molecule has 0 saturated carbocycles. The van der Waals surface area contributed by atoms with Crippen molar-refractivity contribution < 1.29 is 4.79 Å². The van der Waals surface area contributed by atoms with E-state index in [1.54, 1.807) is 6.07 Å². The molecule has 0 fully saturated rings. The third-order valence-corrected chi connectivity index (χ3v) is 4.17. The number of nitrogens with one attached hydrogen (secondary N) is 1. The van der Waals surface area contributed by atoms with Gasteiger partial charge in [0.15, 0.2) is 0 Å². The minimum Gasteiger partial charge on any atom is -0.352 e. The van der Waals surface area contributed by atoms with Crippen LogP contribution < -0.4 is 10.9 Å². The molecule has 1 aromatic heterocycles. The van der Waals surface area contributed by atoms with E-state index in [1.165, 1.54) is 16.3 Å². The zero-order valence-electron chi connectivity index (χ0n) is 14.2. The predicted octanol–water partition coefficient (Wildman–Crippen LogP) is 2.53. The van der Waals surface area contributed by atoms with E-state index in [0.29, 0.717) is 11.0 Å². The van der Waals surface area contributed by atoms with Crippen molar-refractivity contribution in [1.29, 1.82) is 0 Å². The zero-order valence-corrected chi connectivity index (χ0v) is 14.2. The number of aryl methyl sites for hydroxylation is 1. The van der Waals surface area contributed by atoms with Crippen molar-refractivity contribution in [2.75, 3.05) is 0 Å². The van der Waals surface area contributed by atoms with Gasteiger partial charge >= 0.3 is 0 Å². The van der Waals surface area contributed by atoms with Crippen LogP contribution in [0.5, 0.6) is 0 Å². The quantitative estimate of drug-likeness (QED) is 0.753. The fourth-order valence-corrected chi connectivity index (χ4v) is 2.84. The summed E-state index contributed by atoms with van der Waals surface area (Å²) < 4.78 is 1.46. The van der Waals surface area contributed by atoms with Gasteiger partial charge in [0.05, 0.1) is 17.2 Å². The van der Waals surface area contributed by atoms with Gasteiger partial charge in [0, 0.05) is 6.04 Å². The number of benzene rings is 2. The smallest absolute Gasteiger partial charge is 0.269 e. The Morgan fingerprint density at radius 1 is 1.12 bits per heavy atom. The molecule has 3 aromatic rings. The Bertz CT molecular complexity index is 919. The first kappa shape index (κ1) is 16.9. The summed E-state index contributed by atoms with van der Waals surface area (Å²) in [4.78, 5) is 28.5. The van der Waals surface area contributed by atoms with E-state index in [0.717, 1.165) is 12.8 Å².